The molecule has 72 heavy (non-hydrogen) atoms. The Morgan fingerprint density at radius 1 is 0.208 bits per heavy atom. The zero-order chi connectivity index (χ0) is 53.8. The van der Waals surface area contributed by atoms with Crippen molar-refractivity contribution >= 4 is 47.8 Å². The molecule has 0 unspecified atom stereocenters. The molecule has 0 spiro atoms. The van der Waals surface area contributed by atoms with Crippen LogP contribution in [-0.4, -0.2) is 105 Å². The van der Waals surface area contributed by atoms with Crippen molar-refractivity contribution < 1.29 is 76.3 Å². The number of carbonyl (C=O) groups excluding carboxylic acids is 8. The fourth-order valence-corrected chi connectivity index (χ4v) is 11.1. The molecule has 0 bridgehead atoms. The lowest BCUT2D eigenvalue weighted by molar-refractivity contribution is 0.0553. The SMILES string of the molecule is COC(=O)c1c(C)c2c(c(C)c1C(=O)OC)CCc1c(C)c(C(=O)OC)c(C(=O)OC)c(C)c1CCc1c(C)c(C(=O)OC)c(C(=O)OC)c(C)c1CCc1c(C)c(C(=O)OC)c(C(=O)OC)c(C)c1CC2. The van der Waals surface area contributed by atoms with Gasteiger partial charge in [-0.25, -0.2) is 38.4 Å². The van der Waals surface area contributed by atoms with Gasteiger partial charge in [-0.15, -0.1) is 0 Å². The number of benzene rings is 4. The average molecular weight is 993 g/mol. The van der Waals surface area contributed by atoms with E-state index < -0.39 is 47.8 Å². The molecule has 4 aromatic carbocycles. The molecule has 1 aliphatic carbocycles. The van der Waals surface area contributed by atoms with Gasteiger partial charge in [-0.2, -0.15) is 0 Å². The molecule has 0 N–H and O–H groups in total. The minimum Gasteiger partial charge on any atom is -0.465 e. The van der Waals surface area contributed by atoms with E-state index in [4.69, 9.17) is 37.9 Å². The number of hydrogen-bond acceptors (Lipinski definition) is 16. The second-order valence-electron chi connectivity index (χ2n) is 17.8. The lowest BCUT2D eigenvalue weighted by Crippen LogP contribution is -2.23. The Kier molecular flexibility index (Phi) is 17.6. The molecule has 384 valence electrons. The molecular formula is C56H64O16. The van der Waals surface area contributed by atoms with Crippen LogP contribution in [0, 0.1) is 55.4 Å². The molecule has 0 saturated carbocycles. The number of esters is 8. The van der Waals surface area contributed by atoms with Crippen LogP contribution in [0.4, 0.5) is 0 Å². The highest BCUT2D eigenvalue weighted by molar-refractivity contribution is 6.08. The van der Waals surface area contributed by atoms with Gasteiger partial charge in [0.25, 0.3) is 0 Å². The second kappa shape index (κ2) is 22.8. The number of carbonyl (C=O) groups is 8. The monoisotopic (exact) mass is 992 g/mol. The van der Waals surface area contributed by atoms with Crippen LogP contribution in [0.3, 0.4) is 0 Å². The summed E-state index contributed by atoms with van der Waals surface area (Å²) in [6.07, 6.45) is 1.91. The van der Waals surface area contributed by atoms with Gasteiger partial charge in [0.2, 0.25) is 0 Å². The molecule has 0 aliphatic heterocycles. The average Bonchev–Trinajstić information content (AvgIpc) is 3.37. The van der Waals surface area contributed by atoms with Gasteiger partial charge in [-0.05, 0) is 196 Å². The highest BCUT2D eigenvalue weighted by Gasteiger charge is 2.35. The highest BCUT2D eigenvalue weighted by atomic mass is 16.5. The Labute approximate surface area is 419 Å². The van der Waals surface area contributed by atoms with Crippen LogP contribution in [0.2, 0.25) is 0 Å². The molecule has 0 fully saturated rings. The van der Waals surface area contributed by atoms with Crippen LogP contribution >= 0.6 is 0 Å². The third-order valence-corrected chi connectivity index (χ3v) is 14.7. The topological polar surface area (TPSA) is 210 Å². The summed E-state index contributed by atoms with van der Waals surface area (Å²) in [6.45, 7) is 13.9. The van der Waals surface area contributed by atoms with Crippen molar-refractivity contribution in [1.29, 1.82) is 0 Å². The van der Waals surface area contributed by atoms with Gasteiger partial charge >= 0.3 is 47.8 Å². The Morgan fingerprint density at radius 3 is 0.361 bits per heavy atom. The molecule has 16 heteroatoms. The maximum absolute atomic E-state index is 13.8. The summed E-state index contributed by atoms with van der Waals surface area (Å²) in [5, 5.41) is 0. The zero-order valence-corrected chi connectivity index (χ0v) is 44.2. The molecule has 0 saturated heterocycles. The van der Waals surface area contributed by atoms with E-state index in [-0.39, 0.29) is 95.9 Å². The van der Waals surface area contributed by atoms with Gasteiger partial charge in [0.1, 0.15) is 0 Å². The smallest absolute Gasteiger partial charge is 0.339 e. The molecule has 1 aliphatic rings. The fourth-order valence-electron chi connectivity index (χ4n) is 11.1. The maximum Gasteiger partial charge on any atom is 0.339 e. The Bertz CT molecular complexity index is 2380. The fraction of sp³-hybridized carbons (Fsp3) is 0.429. The lowest BCUT2D eigenvalue weighted by atomic mass is 9.77. The predicted molar refractivity (Wildman–Crippen MR) is 264 cm³/mol. The summed E-state index contributed by atoms with van der Waals surface area (Å²) in [4.78, 5) is 110. The zero-order valence-electron chi connectivity index (χ0n) is 44.2. The first-order valence-electron chi connectivity index (χ1n) is 23.4. The van der Waals surface area contributed by atoms with Gasteiger partial charge in [0.05, 0.1) is 101 Å². The molecule has 0 aromatic heterocycles. The number of ether oxygens (including phenoxy) is 8. The largest absolute Gasteiger partial charge is 0.465 e. The first-order chi connectivity index (χ1) is 34.1. The molecule has 0 radical (unpaired) electrons. The van der Waals surface area contributed by atoms with Crippen molar-refractivity contribution in [3.8, 4) is 0 Å². The van der Waals surface area contributed by atoms with Gasteiger partial charge in [-0.1, -0.05) is 0 Å². The molecular weight excluding hydrogens is 929 g/mol. The van der Waals surface area contributed by atoms with E-state index in [0.717, 1.165) is 0 Å². The molecule has 16 nitrogen and oxygen atoms in total. The standard InChI is InChI=1S/C56H64O16/c1-25-33-17-18-35-27(3)43(51(59)67-11)45(53(61)69-13)29(5)37(35)21-22-39-31(7)47(55(63)71-15)48(56(64)72-16)32(8)40(39)24-23-38-30(6)46(54(62)70-14)44(52(60)68-12)28(4)36(38)20-19-34(33)26(2)42(50(58)66-10)41(25)49(57)65-9/h17-24H2,1-16H3. The van der Waals surface area contributed by atoms with E-state index in [1.807, 2.05) is 0 Å². The maximum atomic E-state index is 13.8. The predicted octanol–water partition coefficient (Wildman–Crippen LogP) is 7.90. The van der Waals surface area contributed by atoms with Crippen LogP contribution in [0.15, 0.2) is 0 Å². The lowest BCUT2D eigenvalue weighted by Gasteiger charge is -2.27. The third kappa shape index (κ3) is 9.70. The number of fused-ring (bicyclic) bond motifs is 4. The van der Waals surface area contributed by atoms with E-state index in [2.05, 4.69) is 0 Å². The highest BCUT2D eigenvalue weighted by Crippen LogP contribution is 2.39. The normalized spacial score (nSPS) is 12.4. The summed E-state index contributed by atoms with van der Waals surface area (Å²) in [7, 11) is 9.78. The minimum atomic E-state index is -0.755. The van der Waals surface area contributed by atoms with Crippen molar-refractivity contribution in [2.24, 2.45) is 0 Å². The van der Waals surface area contributed by atoms with Gasteiger partial charge in [-0.3, -0.25) is 0 Å². The van der Waals surface area contributed by atoms with E-state index in [9.17, 15) is 38.4 Å². The Morgan fingerprint density at radius 2 is 0.292 bits per heavy atom. The van der Waals surface area contributed by atoms with Crippen LogP contribution in [0.1, 0.15) is 172 Å². The van der Waals surface area contributed by atoms with Crippen LogP contribution in [0.5, 0.6) is 0 Å². The second-order valence-corrected chi connectivity index (χ2v) is 17.8. The van der Waals surface area contributed by atoms with Gasteiger partial charge in [0, 0.05) is 0 Å². The van der Waals surface area contributed by atoms with E-state index in [0.29, 0.717) is 89.0 Å². The van der Waals surface area contributed by atoms with E-state index in [1.54, 1.807) is 55.4 Å². The first-order valence-corrected chi connectivity index (χ1v) is 23.4. The summed E-state index contributed by atoms with van der Waals surface area (Å²) in [6, 6.07) is 0. The first kappa shape index (κ1) is 55.6. The van der Waals surface area contributed by atoms with Crippen molar-refractivity contribution in [1.82, 2.24) is 0 Å². The van der Waals surface area contributed by atoms with Crippen molar-refractivity contribution in [3.63, 3.8) is 0 Å². The number of rotatable bonds is 8. The van der Waals surface area contributed by atoms with Crippen LogP contribution in [-0.2, 0) is 89.3 Å². The van der Waals surface area contributed by atoms with Crippen molar-refractivity contribution in [3.05, 3.63) is 134 Å². The summed E-state index contributed by atoms with van der Waals surface area (Å²) in [5.41, 5.74) is 9.52. The van der Waals surface area contributed by atoms with Gasteiger partial charge < -0.3 is 37.9 Å². The Balaban J connectivity index is 2.05. The van der Waals surface area contributed by atoms with Crippen molar-refractivity contribution in [2.45, 2.75) is 107 Å². The summed E-state index contributed by atoms with van der Waals surface area (Å²) >= 11 is 0. The third-order valence-electron chi connectivity index (χ3n) is 14.7. The molecule has 0 atom stereocenters. The van der Waals surface area contributed by atoms with Crippen LogP contribution in [0.25, 0.3) is 0 Å². The van der Waals surface area contributed by atoms with E-state index >= 15 is 0 Å². The molecule has 0 heterocycles. The minimum absolute atomic E-state index is 0.0257. The Hall–Kier alpha value is -7.36. The van der Waals surface area contributed by atoms with Gasteiger partial charge in [0.15, 0.2) is 0 Å². The van der Waals surface area contributed by atoms with Crippen LogP contribution < -0.4 is 0 Å². The quantitative estimate of drug-likeness (QED) is 0.121. The summed E-state index contributed by atoms with van der Waals surface area (Å²) < 4.78 is 42.2. The van der Waals surface area contributed by atoms with Crippen molar-refractivity contribution in [2.75, 3.05) is 56.9 Å². The summed E-state index contributed by atoms with van der Waals surface area (Å²) in [5.74, 6) is -6.04. The molecule has 5 rings (SSSR count). The molecule has 4 aromatic rings. The number of methoxy groups -OCH3 is 8. The number of hydrogen-bond donors (Lipinski definition) is 0. The molecule has 0 amide bonds. The van der Waals surface area contributed by atoms with E-state index in [1.165, 1.54) is 56.9 Å².